The molecule has 2 aromatic carbocycles. The lowest BCUT2D eigenvalue weighted by Crippen LogP contribution is -2.51. The van der Waals surface area contributed by atoms with E-state index < -0.39 is 10.0 Å². The molecule has 0 radical (unpaired) electrons. The lowest BCUT2D eigenvalue weighted by molar-refractivity contribution is -0.132. The molecule has 0 bridgehead atoms. The van der Waals surface area contributed by atoms with E-state index in [-0.39, 0.29) is 30.4 Å². The molecule has 0 spiro atoms. The van der Waals surface area contributed by atoms with Crippen LogP contribution in [0.5, 0.6) is 5.75 Å². The molecule has 1 amide bonds. The Kier molecular flexibility index (Phi) is 5.73. The number of piperazine rings is 1. The summed E-state index contributed by atoms with van der Waals surface area (Å²) in [5, 5.41) is 1.63. The SMILES string of the molecule is COc1ccc(S(=O)(=O)N2CCN(C(=O)Cn3ccc4ccc(Cl)cc43)CC2)cc1. The Hall–Kier alpha value is -2.55. The molecule has 4 rings (SSSR count). The summed E-state index contributed by atoms with van der Waals surface area (Å²) in [5.41, 5.74) is 0.900. The fourth-order valence-corrected chi connectivity index (χ4v) is 5.20. The van der Waals surface area contributed by atoms with Crippen LogP contribution in [-0.4, -0.2) is 61.4 Å². The van der Waals surface area contributed by atoms with Gasteiger partial charge >= 0.3 is 0 Å². The van der Waals surface area contributed by atoms with Crippen LogP contribution in [0.1, 0.15) is 0 Å². The Labute approximate surface area is 180 Å². The predicted molar refractivity (Wildman–Crippen MR) is 115 cm³/mol. The quantitative estimate of drug-likeness (QED) is 0.603. The van der Waals surface area contributed by atoms with E-state index in [1.165, 1.54) is 23.5 Å². The van der Waals surface area contributed by atoms with E-state index in [4.69, 9.17) is 16.3 Å². The first-order chi connectivity index (χ1) is 14.4. The van der Waals surface area contributed by atoms with Crippen molar-refractivity contribution >= 4 is 38.4 Å². The molecule has 1 aliphatic heterocycles. The first-order valence-electron chi connectivity index (χ1n) is 9.55. The van der Waals surface area contributed by atoms with Gasteiger partial charge < -0.3 is 14.2 Å². The Balaban J connectivity index is 1.41. The van der Waals surface area contributed by atoms with E-state index in [1.807, 2.05) is 35.0 Å². The number of hydrogen-bond acceptors (Lipinski definition) is 4. The maximum Gasteiger partial charge on any atom is 0.243 e. The summed E-state index contributed by atoms with van der Waals surface area (Å²) < 4.78 is 34.1. The Morgan fingerprint density at radius 3 is 2.40 bits per heavy atom. The Morgan fingerprint density at radius 1 is 1.03 bits per heavy atom. The van der Waals surface area contributed by atoms with Crippen molar-refractivity contribution in [1.29, 1.82) is 0 Å². The van der Waals surface area contributed by atoms with Crippen LogP contribution in [0.3, 0.4) is 0 Å². The highest BCUT2D eigenvalue weighted by Crippen LogP contribution is 2.22. The number of methoxy groups -OCH3 is 1. The Bertz CT molecular complexity index is 1170. The van der Waals surface area contributed by atoms with Gasteiger partial charge in [-0.1, -0.05) is 17.7 Å². The average molecular weight is 448 g/mol. The number of carbonyl (C=O) groups excluding carboxylic acids is 1. The van der Waals surface area contributed by atoms with Gasteiger partial charge in [-0.3, -0.25) is 4.79 Å². The summed E-state index contributed by atoms with van der Waals surface area (Å²) in [6.45, 7) is 1.42. The third-order valence-corrected chi connectivity index (χ3v) is 7.48. The number of sulfonamides is 1. The topological polar surface area (TPSA) is 71.9 Å². The molecule has 1 fully saturated rings. The molecule has 158 valence electrons. The highest BCUT2D eigenvalue weighted by atomic mass is 35.5. The van der Waals surface area contributed by atoms with Gasteiger partial charge in [-0.2, -0.15) is 4.31 Å². The van der Waals surface area contributed by atoms with E-state index >= 15 is 0 Å². The van der Waals surface area contributed by atoms with Gasteiger partial charge in [-0.15, -0.1) is 0 Å². The lowest BCUT2D eigenvalue weighted by Gasteiger charge is -2.34. The monoisotopic (exact) mass is 447 g/mol. The van der Waals surface area contributed by atoms with Crippen molar-refractivity contribution in [2.75, 3.05) is 33.3 Å². The molecule has 3 aromatic rings. The van der Waals surface area contributed by atoms with E-state index in [0.29, 0.717) is 23.9 Å². The molecule has 30 heavy (non-hydrogen) atoms. The summed E-state index contributed by atoms with van der Waals surface area (Å²) in [4.78, 5) is 14.7. The van der Waals surface area contributed by atoms with Gasteiger partial charge in [-0.05, 0) is 47.9 Å². The number of ether oxygens (including phenoxy) is 1. The van der Waals surface area contributed by atoms with Crippen molar-refractivity contribution in [3.8, 4) is 5.75 Å². The van der Waals surface area contributed by atoms with E-state index in [9.17, 15) is 13.2 Å². The van der Waals surface area contributed by atoms with Crippen LogP contribution in [0.25, 0.3) is 10.9 Å². The zero-order chi connectivity index (χ0) is 21.3. The van der Waals surface area contributed by atoms with E-state index in [2.05, 4.69) is 0 Å². The smallest absolute Gasteiger partial charge is 0.243 e. The van der Waals surface area contributed by atoms with Crippen LogP contribution >= 0.6 is 11.6 Å². The summed E-state index contributed by atoms with van der Waals surface area (Å²) in [6, 6.07) is 13.8. The van der Waals surface area contributed by atoms with Crippen molar-refractivity contribution in [3.63, 3.8) is 0 Å². The number of aromatic nitrogens is 1. The van der Waals surface area contributed by atoms with Gasteiger partial charge in [-0.25, -0.2) is 8.42 Å². The summed E-state index contributed by atoms with van der Waals surface area (Å²) in [7, 11) is -2.07. The molecule has 0 unspecified atom stereocenters. The second-order valence-corrected chi connectivity index (χ2v) is 9.48. The fourth-order valence-electron chi connectivity index (χ4n) is 3.62. The number of nitrogens with zero attached hydrogens (tertiary/aromatic N) is 3. The molecular formula is C21H22ClN3O4S. The van der Waals surface area contributed by atoms with Crippen LogP contribution in [-0.2, 0) is 21.4 Å². The van der Waals surface area contributed by atoms with Crippen molar-refractivity contribution < 1.29 is 17.9 Å². The van der Waals surface area contributed by atoms with Crippen LogP contribution in [0.15, 0.2) is 59.6 Å². The van der Waals surface area contributed by atoms with Gasteiger partial charge in [0.25, 0.3) is 0 Å². The van der Waals surface area contributed by atoms with E-state index in [0.717, 1.165) is 10.9 Å². The summed E-state index contributed by atoms with van der Waals surface area (Å²) in [5.74, 6) is 0.553. The summed E-state index contributed by atoms with van der Waals surface area (Å²) in [6.07, 6.45) is 1.86. The normalized spacial score (nSPS) is 15.5. The Morgan fingerprint density at radius 2 is 1.73 bits per heavy atom. The molecule has 0 aliphatic carbocycles. The molecule has 9 heteroatoms. The molecule has 7 nitrogen and oxygen atoms in total. The number of halogens is 1. The number of amides is 1. The fraction of sp³-hybridized carbons (Fsp3) is 0.286. The highest BCUT2D eigenvalue weighted by molar-refractivity contribution is 7.89. The number of fused-ring (bicyclic) bond motifs is 1. The molecule has 1 aliphatic rings. The third kappa shape index (κ3) is 4.03. The van der Waals surface area contributed by atoms with Gasteiger partial charge in [0.15, 0.2) is 0 Å². The molecule has 0 N–H and O–H groups in total. The maximum atomic E-state index is 12.9. The van der Waals surface area contributed by atoms with Crippen LogP contribution < -0.4 is 4.74 Å². The molecule has 2 heterocycles. The largest absolute Gasteiger partial charge is 0.497 e. The van der Waals surface area contributed by atoms with Gasteiger partial charge in [0, 0.05) is 42.9 Å². The molecule has 0 saturated carbocycles. The summed E-state index contributed by atoms with van der Waals surface area (Å²) >= 11 is 6.08. The minimum Gasteiger partial charge on any atom is -0.497 e. The predicted octanol–water partition coefficient (Wildman–Crippen LogP) is 2.84. The molecular weight excluding hydrogens is 426 g/mol. The van der Waals surface area contributed by atoms with Gasteiger partial charge in [0.05, 0.1) is 12.0 Å². The van der Waals surface area contributed by atoms with Gasteiger partial charge in [0.2, 0.25) is 15.9 Å². The molecule has 0 atom stereocenters. The molecule has 1 aromatic heterocycles. The van der Waals surface area contributed by atoms with Gasteiger partial charge in [0.1, 0.15) is 12.3 Å². The first kappa shape index (κ1) is 20.7. The van der Waals surface area contributed by atoms with Crippen LogP contribution in [0, 0.1) is 0 Å². The van der Waals surface area contributed by atoms with E-state index in [1.54, 1.807) is 17.0 Å². The number of benzene rings is 2. The van der Waals surface area contributed by atoms with Crippen molar-refractivity contribution in [2.24, 2.45) is 0 Å². The van der Waals surface area contributed by atoms with Crippen LogP contribution in [0.4, 0.5) is 0 Å². The number of carbonyl (C=O) groups is 1. The zero-order valence-corrected chi connectivity index (χ0v) is 18.1. The standard InChI is InChI=1S/C21H22ClN3O4S/c1-29-18-4-6-19(7-5-18)30(27,28)25-12-10-23(11-13-25)21(26)15-24-9-8-16-2-3-17(22)14-20(16)24/h2-9,14H,10-13,15H2,1H3. The second-order valence-electron chi connectivity index (χ2n) is 7.11. The lowest BCUT2D eigenvalue weighted by atomic mass is 10.2. The number of rotatable bonds is 5. The minimum absolute atomic E-state index is 0.0472. The molecule has 1 saturated heterocycles. The first-order valence-corrected chi connectivity index (χ1v) is 11.4. The van der Waals surface area contributed by atoms with Crippen molar-refractivity contribution in [2.45, 2.75) is 11.4 Å². The third-order valence-electron chi connectivity index (χ3n) is 5.33. The number of hydrogen-bond donors (Lipinski definition) is 0. The highest BCUT2D eigenvalue weighted by Gasteiger charge is 2.30. The van der Waals surface area contributed by atoms with Crippen molar-refractivity contribution in [1.82, 2.24) is 13.8 Å². The van der Waals surface area contributed by atoms with Crippen LogP contribution in [0.2, 0.25) is 5.02 Å². The average Bonchev–Trinajstić information content (AvgIpc) is 3.15. The second kappa shape index (κ2) is 8.29. The zero-order valence-electron chi connectivity index (χ0n) is 16.5. The minimum atomic E-state index is -3.60. The maximum absolute atomic E-state index is 12.9. The van der Waals surface area contributed by atoms with Crippen molar-refractivity contribution in [3.05, 3.63) is 59.8 Å².